The fraction of sp³-hybridized carbons (Fsp3) is 0.154. The smallest absolute Gasteiger partial charge is 0.250 e. The van der Waals surface area contributed by atoms with E-state index in [-0.39, 0.29) is 5.56 Å². The molecule has 2 aromatic rings. The summed E-state index contributed by atoms with van der Waals surface area (Å²) in [5.41, 5.74) is 2.31. The van der Waals surface area contributed by atoms with Crippen molar-refractivity contribution in [1.29, 1.82) is 0 Å². The van der Waals surface area contributed by atoms with E-state index in [1.807, 2.05) is 12.1 Å². The van der Waals surface area contributed by atoms with Crippen molar-refractivity contribution < 1.29 is 4.74 Å². The average Bonchev–Trinajstić information content (AvgIpc) is 2.32. The largest absolute Gasteiger partial charge is 0.496 e. The van der Waals surface area contributed by atoms with Crippen LogP contribution in [0.15, 0.2) is 35.3 Å². The lowest BCUT2D eigenvalue weighted by atomic mass is 10.1. The van der Waals surface area contributed by atoms with E-state index in [2.05, 4.69) is 4.98 Å². The summed E-state index contributed by atoms with van der Waals surface area (Å²) in [7, 11) is 1.60. The number of methoxy groups -OCH3 is 1. The molecule has 0 aliphatic carbocycles. The van der Waals surface area contributed by atoms with Gasteiger partial charge in [-0.25, -0.2) is 0 Å². The van der Waals surface area contributed by atoms with E-state index in [9.17, 15) is 4.79 Å². The van der Waals surface area contributed by atoms with Crippen molar-refractivity contribution in [2.75, 3.05) is 7.11 Å². The molecule has 1 aromatic heterocycles. The van der Waals surface area contributed by atoms with Crippen molar-refractivity contribution in [3.63, 3.8) is 0 Å². The zero-order valence-corrected chi connectivity index (χ0v) is 10.3. The zero-order valence-electron chi connectivity index (χ0n) is 9.58. The number of ether oxygens (including phenoxy) is 1. The van der Waals surface area contributed by atoms with Crippen LogP contribution in [-0.2, 0) is 0 Å². The van der Waals surface area contributed by atoms with Crippen LogP contribution in [0.2, 0.25) is 5.02 Å². The minimum absolute atomic E-state index is 0.0882. The maximum Gasteiger partial charge on any atom is 0.250 e. The first-order valence-corrected chi connectivity index (χ1v) is 5.53. The molecule has 0 fully saturated rings. The van der Waals surface area contributed by atoms with E-state index in [1.54, 1.807) is 32.4 Å². The molecule has 0 radical (unpaired) electrons. The second kappa shape index (κ2) is 4.63. The molecular weight excluding hydrogens is 238 g/mol. The Bertz CT molecular complexity index is 605. The first kappa shape index (κ1) is 11.7. The number of aromatic amines is 1. The number of aryl methyl sites for hydroxylation is 1. The van der Waals surface area contributed by atoms with Crippen LogP contribution in [0.1, 0.15) is 5.56 Å². The Hall–Kier alpha value is -1.74. The number of halogens is 1. The Morgan fingerprint density at radius 2 is 2.06 bits per heavy atom. The summed E-state index contributed by atoms with van der Waals surface area (Å²) in [6.07, 6.45) is 1.66. The van der Waals surface area contributed by atoms with Gasteiger partial charge in [0.1, 0.15) is 5.75 Å². The highest BCUT2D eigenvalue weighted by molar-refractivity contribution is 6.31. The van der Waals surface area contributed by atoms with Gasteiger partial charge in [-0.05, 0) is 31.2 Å². The molecule has 1 aromatic carbocycles. The molecule has 0 unspecified atom stereocenters. The standard InChI is InChI=1S/C13H12ClNO2/c1-8-5-9(7-15-13(8)16)11-6-10(14)3-4-12(11)17-2/h3-7H,1-2H3,(H,15,16). The third kappa shape index (κ3) is 2.34. The van der Waals surface area contributed by atoms with Gasteiger partial charge in [0.2, 0.25) is 0 Å². The van der Waals surface area contributed by atoms with E-state index >= 15 is 0 Å². The van der Waals surface area contributed by atoms with Crippen LogP contribution < -0.4 is 10.3 Å². The van der Waals surface area contributed by atoms with E-state index in [1.165, 1.54) is 0 Å². The van der Waals surface area contributed by atoms with Crippen LogP contribution in [0.3, 0.4) is 0 Å². The first-order valence-electron chi connectivity index (χ1n) is 5.15. The lowest BCUT2D eigenvalue weighted by molar-refractivity contribution is 0.416. The number of hydrogen-bond acceptors (Lipinski definition) is 2. The normalized spacial score (nSPS) is 10.3. The third-order valence-electron chi connectivity index (χ3n) is 2.56. The molecule has 88 valence electrons. The van der Waals surface area contributed by atoms with Crippen molar-refractivity contribution in [3.05, 3.63) is 51.4 Å². The number of pyridine rings is 1. The average molecular weight is 250 g/mol. The Morgan fingerprint density at radius 1 is 1.29 bits per heavy atom. The maximum absolute atomic E-state index is 11.3. The lowest BCUT2D eigenvalue weighted by Crippen LogP contribution is -2.08. The molecule has 0 atom stereocenters. The topological polar surface area (TPSA) is 42.1 Å². The maximum atomic E-state index is 11.3. The van der Waals surface area contributed by atoms with Gasteiger partial charge >= 0.3 is 0 Å². The summed E-state index contributed by atoms with van der Waals surface area (Å²) in [4.78, 5) is 14.0. The predicted molar refractivity (Wildman–Crippen MR) is 68.8 cm³/mol. The second-order valence-corrected chi connectivity index (χ2v) is 4.18. The van der Waals surface area contributed by atoms with Crippen molar-refractivity contribution in [2.45, 2.75) is 6.92 Å². The summed E-state index contributed by atoms with van der Waals surface area (Å²) >= 11 is 5.97. The molecule has 0 saturated heterocycles. The molecule has 0 aliphatic heterocycles. The summed E-state index contributed by atoms with van der Waals surface area (Å²) in [6, 6.07) is 7.20. The van der Waals surface area contributed by atoms with Gasteiger partial charge in [0, 0.05) is 27.9 Å². The van der Waals surface area contributed by atoms with Crippen molar-refractivity contribution >= 4 is 11.6 Å². The third-order valence-corrected chi connectivity index (χ3v) is 2.80. The van der Waals surface area contributed by atoms with Crippen LogP contribution in [-0.4, -0.2) is 12.1 Å². The van der Waals surface area contributed by atoms with E-state index in [0.29, 0.717) is 10.6 Å². The highest BCUT2D eigenvalue weighted by Crippen LogP contribution is 2.31. The van der Waals surface area contributed by atoms with E-state index in [4.69, 9.17) is 16.3 Å². The van der Waals surface area contributed by atoms with E-state index < -0.39 is 0 Å². The number of benzene rings is 1. The summed E-state index contributed by atoms with van der Waals surface area (Å²) < 4.78 is 5.27. The van der Waals surface area contributed by atoms with Gasteiger partial charge in [-0.3, -0.25) is 4.79 Å². The molecule has 0 aliphatic rings. The fourth-order valence-electron chi connectivity index (χ4n) is 1.66. The second-order valence-electron chi connectivity index (χ2n) is 3.75. The highest BCUT2D eigenvalue weighted by Gasteiger charge is 2.07. The van der Waals surface area contributed by atoms with Crippen LogP contribution in [0.4, 0.5) is 0 Å². The Labute approximate surface area is 104 Å². The molecule has 0 spiro atoms. The Morgan fingerprint density at radius 3 is 2.71 bits per heavy atom. The minimum atomic E-state index is -0.0882. The molecule has 3 nitrogen and oxygen atoms in total. The fourth-order valence-corrected chi connectivity index (χ4v) is 1.83. The zero-order chi connectivity index (χ0) is 12.4. The molecule has 0 bridgehead atoms. The summed E-state index contributed by atoms with van der Waals surface area (Å²) in [6.45, 7) is 1.76. The molecular formula is C13H12ClNO2. The minimum Gasteiger partial charge on any atom is -0.496 e. The van der Waals surface area contributed by atoms with Crippen molar-refractivity contribution in [2.24, 2.45) is 0 Å². The van der Waals surface area contributed by atoms with Gasteiger partial charge in [-0.15, -0.1) is 0 Å². The van der Waals surface area contributed by atoms with Crippen molar-refractivity contribution in [3.8, 4) is 16.9 Å². The van der Waals surface area contributed by atoms with Crippen molar-refractivity contribution in [1.82, 2.24) is 4.98 Å². The molecule has 0 amide bonds. The summed E-state index contributed by atoms with van der Waals surface area (Å²) in [5.74, 6) is 0.723. The SMILES string of the molecule is COc1ccc(Cl)cc1-c1c[nH]c(=O)c(C)c1. The van der Waals surface area contributed by atoms with Gasteiger partial charge in [0.05, 0.1) is 7.11 Å². The molecule has 0 saturated carbocycles. The number of rotatable bonds is 2. The number of H-pyrrole nitrogens is 1. The summed E-state index contributed by atoms with van der Waals surface area (Å²) in [5, 5.41) is 0.629. The Balaban J connectivity index is 2.62. The van der Waals surface area contributed by atoms with Crippen LogP contribution in [0, 0.1) is 6.92 Å². The van der Waals surface area contributed by atoms with Gasteiger partial charge in [0.15, 0.2) is 0 Å². The van der Waals surface area contributed by atoms with Crippen LogP contribution >= 0.6 is 11.6 Å². The van der Waals surface area contributed by atoms with Gasteiger partial charge in [-0.1, -0.05) is 11.6 Å². The number of nitrogens with one attached hydrogen (secondary N) is 1. The predicted octanol–water partition coefficient (Wildman–Crippen LogP) is 3.01. The van der Waals surface area contributed by atoms with Gasteiger partial charge in [-0.2, -0.15) is 0 Å². The molecule has 2 rings (SSSR count). The molecule has 1 heterocycles. The van der Waals surface area contributed by atoms with Gasteiger partial charge in [0.25, 0.3) is 5.56 Å². The molecule has 4 heteroatoms. The van der Waals surface area contributed by atoms with E-state index in [0.717, 1.165) is 16.9 Å². The Kier molecular flexibility index (Phi) is 3.20. The number of aromatic nitrogens is 1. The monoisotopic (exact) mass is 249 g/mol. The quantitative estimate of drug-likeness (QED) is 0.889. The highest BCUT2D eigenvalue weighted by atomic mass is 35.5. The molecule has 17 heavy (non-hydrogen) atoms. The first-order chi connectivity index (χ1) is 8.11. The van der Waals surface area contributed by atoms with Crippen LogP contribution in [0.25, 0.3) is 11.1 Å². The van der Waals surface area contributed by atoms with Gasteiger partial charge < -0.3 is 9.72 Å². The lowest BCUT2D eigenvalue weighted by Gasteiger charge is -2.09. The molecule has 1 N–H and O–H groups in total. The van der Waals surface area contributed by atoms with Crippen LogP contribution in [0.5, 0.6) is 5.75 Å². The number of hydrogen-bond donors (Lipinski definition) is 1.